The molecular formula is C18H22ClFN2O2. The predicted octanol–water partition coefficient (Wildman–Crippen LogP) is 3.52. The molecule has 0 aliphatic heterocycles. The van der Waals surface area contributed by atoms with Crippen LogP contribution in [0.1, 0.15) is 36.6 Å². The van der Waals surface area contributed by atoms with Gasteiger partial charge < -0.3 is 15.8 Å². The zero-order valence-electron chi connectivity index (χ0n) is 13.7. The van der Waals surface area contributed by atoms with E-state index in [0.717, 1.165) is 5.56 Å². The standard InChI is InChI=1S/C18H21FN2O2.ClH/c1-12(14-8-9-17(23-2)15(19)10-14)21-18(22)11-16(20)13-6-4-3-5-7-13;/h3-10,12,16H,11,20H2,1-2H3,(H,21,22);1H. The molecule has 0 aliphatic carbocycles. The summed E-state index contributed by atoms with van der Waals surface area (Å²) in [7, 11) is 1.41. The number of hydrogen-bond acceptors (Lipinski definition) is 3. The summed E-state index contributed by atoms with van der Waals surface area (Å²) in [6.45, 7) is 1.80. The second-order valence-electron chi connectivity index (χ2n) is 5.40. The molecule has 1 amide bonds. The minimum absolute atomic E-state index is 0. The Labute approximate surface area is 147 Å². The fourth-order valence-corrected chi connectivity index (χ4v) is 2.35. The zero-order valence-corrected chi connectivity index (χ0v) is 14.5. The van der Waals surface area contributed by atoms with Gasteiger partial charge in [0.05, 0.1) is 13.2 Å². The van der Waals surface area contributed by atoms with Gasteiger partial charge in [0.25, 0.3) is 0 Å². The Hall–Kier alpha value is -2.11. The summed E-state index contributed by atoms with van der Waals surface area (Å²) in [6, 6.07) is 13.4. The first-order chi connectivity index (χ1) is 11.0. The van der Waals surface area contributed by atoms with Crippen molar-refractivity contribution in [2.24, 2.45) is 5.73 Å². The van der Waals surface area contributed by atoms with Crippen LogP contribution in [0, 0.1) is 5.82 Å². The average Bonchev–Trinajstić information content (AvgIpc) is 2.55. The van der Waals surface area contributed by atoms with E-state index in [1.54, 1.807) is 19.1 Å². The number of ether oxygens (including phenoxy) is 1. The highest BCUT2D eigenvalue weighted by molar-refractivity contribution is 5.85. The Morgan fingerprint density at radius 1 is 1.21 bits per heavy atom. The van der Waals surface area contributed by atoms with Crippen LogP contribution in [0.5, 0.6) is 5.75 Å². The van der Waals surface area contributed by atoms with Gasteiger partial charge in [-0.2, -0.15) is 0 Å². The number of halogens is 2. The highest BCUT2D eigenvalue weighted by Crippen LogP contribution is 2.22. The molecule has 2 rings (SSSR count). The Bertz CT molecular complexity index is 667. The third-order valence-electron chi connectivity index (χ3n) is 3.69. The molecule has 0 saturated carbocycles. The molecule has 2 atom stereocenters. The minimum atomic E-state index is -0.452. The summed E-state index contributed by atoms with van der Waals surface area (Å²) in [6.07, 6.45) is 0.174. The van der Waals surface area contributed by atoms with Crippen molar-refractivity contribution >= 4 is 18.3 Å². The highest BCUT2D eigenvalue weighted by atomic mass is 35.5. The van der Waals surface area contributed by atoms with Gasteiger partial charge in [-0.1, -0.05) is 36.4 Å². The topological polar surface area (TPSA) is 64.3 Å². The molecule has 0 aromatic heterocycles. The molecule has 0 aliphatic rings. The number of carbonyl (C=O) groups is 1. The largest absolute Gasteiger partial charge is 0.494 e. The number of carbonyl (C=O) groups excluding carboxylic acids is 1. The van der Waals surface area contributed by atoms with Crippen LogP contribution in [0.4, 0.5) is 4.39 Å². The summed E-state index contributed by atoms with van der Waals surface area (Å²) in [5.41, 5.74) is 7.61. The smallest absolute Gasteiger partial charge is 0.222 e. The van der Waals surface area contributed by atoms with Crippen molar-refractivity contribution in [1.29, 1.82) is 0 Å². The molecule has 4 nitrogen and oxygen atoms in total. The van der Waals surface area contributed by atoms with E-state index < -0.39 is 5.82 Å². The van der Waals surface area contributed by atoms with E-state index in [0.29, 0.717) is 5.56 Å². The lowest BCUT2D eigenvalue weighted by Gasteiger charge is -2.17. The Morgan fingerprint density at radius 2 is 1.88 bits per heavy atom. The molecule has 0 heterocycles. The average molecular weight is 353 g/mol. The molecule has 0 spiro atoms. The van der Waals surface area contributed by atoms with Gasteiger partial charge in [-0.15, -0.1) is 12.4 Å². The van der Waals surface area contributed by atoms with Crippen LogP contribution in [-0.4, -0.2) is 13.0 Å². The first-order valence-corrected chi connectivity index (χ1v) is 7.44. The number of amides is 1. The Balaban J connectivity index is 0.00000288. The third-order valence-corrected chi connectivity index (χ3v) is 3.69. The molecule has 24 heavy (non-hydrogen) atoms. The fraction of sp³-hybridized carbons (Fsp3) is 0.278. The van der Waals surface area contributed by atoms with Gasteiger partial charge in [0.15, 0.2) is 11.6 Å². The van der Waals surface area contributed by atoms with Gasteiger partial charge in [-0.25, -0.2) is 4.39 Å². The summed E-state index contributed by atoms with van der Waals surface area (Å²) in [4.78, 5) is 12.1. The molecular weight excluding hydrogens is 331 g/mol. The number of hydrogen-bond donors (Lipinski definition) is 2. The second kappa shape index (κ2) is 9.25. The van der Waals surface area contributed by atoms with Crippen LogP contribution in [0.2, 0.25) is 0 Å². The van der Waals surface area contributed by atoms with Crippen LogP contribution < -0.4 is 15.8 Å². The molecule has 2 aromatic rings. The number of rotatable bonds is 6. The molecule has 6 heteroatoms. The first kappa shape index (κ1) is 19.9. The van der Waals surface area contributed by atoms with E-state index in [2.05, 4.69) is 5.32 Å². The summed E-state index contributed by atoms with van der Waals surface area (Å²) >= 11 is 0. The van der Waals surface area contributed by atoms with Crippen molar-refractivity contribution in [3.8, 4) is 5.75 Å². The first-order valence-electron chi connectivity index (χ1n) is 7.44. The zero-order chi connectivity index (χ0) is 16.8. The molecule has 0 radical (unpaired) electrons. The van der Waals surface area contributed by atoms with E-state index in [4.69, 9.17) is 10.5 Å². The van der Waals surface area contributed by atoms with E-state index in [-0.39, 0.29) is 42.6 Å². The van der Waals surface area contributed by atoms with E-state index in [9.17, 15) is 9.18 Å². The lowest BCUT2D eigenvalue weighted by Crippen LogP contribution is -2.29. The van der Waals surface area contributed by atoms with Crippen LogP contribution in [-0.2, 0) is 4.79 Å². The summed E-state index contributed by atoms with van der Waals surface area (Å²) < 4.78 is 18.6. The van der Waals surface area contributed by atoms with Gasteiger partial charge in [0.1, 0.15) is 0 Å². The second-order valence-corrected chi connectivity index (χ2v) is 5.40. The fourth-order valence-electron chi connectivity index (χ4n) is 2.35. The normalized spacial score (nSPS) is 12.7. The van der Waals surface area contributed by atoms with Crippen molar-refractivity contribution in [2.75, 3.05) is 7.11 Å². The van der Waals surface area contributed by atoms with Crippen molar-refractivity contribution in [3.05, 3.63) is 65.5 Å². The third kappa shape index (κ3) is 5.22. The van der Waals surface area contributed by atoms with Crippen LogP contribution >= 0.6 is 12.4 Å². The quantitative estimate of drug-likeness (QED) is 0.836. The summed E-state index contributed by atoms with van der Waals surface area (Å²) in [5, 5.41) is 2.84. The Morgan fingerprint density at radius 3 is 2.46 bits per heavy atom. The number of nitrogens with two attached hydrogens (primary N) is 1. The van der Waals surface area contributed by atoms with E-state index in [1.807, 2.05) is 30.3 Å². The molecule has 2 aromatic carbocycles. The van der Waals surface area contributed by atoms with Gasteiger partial charge in [-0.05, 0) is 30.2 Å². The lowest BCUT2D eigenvalue weighted by atomic mass is 10.0. The molecule has 130 valence electrons. The molecule has 0 fully saturated rings. The highest BCUT2D eigenvalue weighted by Gasteiger charge is 2.15. The van der Waals surface area contributed by atoms with Gasteiger partial charge in [0, 0.05) is 12.5 Å². The van der Waals surface area contributed by atoms with Gasteiger partial charge in [0.2, 0.25) is 5.91 Å². The van der Waals surface area contributed by atoms with Crippen molar-refractivity contribution < 1.29 is 13.9 Å². The molecule has 2 unspecified atom stereocenters. The molecule has 3 N–H and O–H groups in total. The lowest BCUT2D eigenvalue weighted by molar-refractivity contribution is -0.122. The maximum Gasteiger partial charge on any atom is 0.222 e. The van der Waals surface area contributed by atoms with Crippen LogP contribution in [0.25, 0.3) is 0 Å². The van der Waals surface area contributed by atoms with E-state index >= 15 is 0 Å². The maximum atomic E-state index is 13.7. The minimum Gasteiger partial charge on any atom is -0.494 e. The van der Waals surface area contributed by atoms with Crippen LogP contribution in [0.15, 0.2) is 48.5 Å². The molecule has 0 saturated heterocycles. The summed E-state index contributed by atoms with van der Waals surface area (Å²) in [5.74, 6) is -0.449. The number of methoxy groups -OCH3 is 1. The van der Waals surface area contributed by atoms with Crippen molar-refractivity contribution in [2.45, 2.75) is 25.4 Å². The Kier molecular flexibility index (Phi) is 7.68. The predicted molar refractivity (Wildman–Crippen MR) is 94.7 cm³/mol. The monoisotopic (exact) mass is 352 g/mol. The van der Waals surface area contributed by atoms with Crippen molar-refractivity contribution in [1.82, 2.24) is 5.32 Å². The van der Waals surface area contributed by atoms with E-state index in [1.165, 1.54) is 13.2 Å². The number of benzene rings is 2. The maximum absolute atomic E-state index is 13.7. The van der Waals surface area contributed by atoms with Crippen LogP contribution in [0.3, 0.4) is 0 Å². The van der Waals surface area contributed by atoms with Gasteiger partial charge in [-0.3, -0.25) is 4.79 Å². The number of nitrogens with one attached hydrogen (secondary N) is 1. The van der Waals surface area contributed by atoms with Crippen molar-refractivity contribution in [3.63, 3.8) is 0 Å². The SMILES string of the molecule is COc1ccc(C(C)NC(=O)CC(N)c2ccccc2)cc1F.Cl. The molecule has 0 bridgehead atoms. The van der Waals surface area contributed by atoms with Gasteiger partial charge >= 0.3 is 0 Å².